The van der Waals surface area contributed by atoms with Crippen LogP contribution in [0.3, 0.4) is 0 Å². The van der Waals surface area contributed by atoms with Gasteiger partial charge in [0, 0.05) is 0 Å². The lowest BCUT2D eigenvalue weighted by atomic mass is 10.2. The number of rotatable bonds is 6. The molecule has 0 saturated carbocycles. The van der Waals surface area contributed by atoms with Crippen molar-refractivity contribution in [3.63, 3.8) is 0 Å². The maximum atomic E-state index is 12.8. The zero-order valence-electron chi connectivity index (χ0n) is 16.6. The molecule has 0 fully saturated rings. The van der Waals surface area contributed by atoms with Gasteiger partial charge in [-0.25, -0.2) is 4.79 Å². The van der Waals surface area contributed by atoms with Crippen LogP contribution in [0.4, 0.5) is 0 Å². The number of fused-ring (bicyclic) bond motifs is 1. The van der Waals surface area contributed by atoms with Crippen molar-refractivity contribution >= 4 is 43.5 Å². The summed E-state index contributed by atoms with van der Waals surface area (Å²) in [4.78, 5) is 24.1. The van der Waals surface area contributed by atoms with Crippen LogP contribution in [-0.4, -0.2) is 38.6 Å². The number of sulfonamides is 1. The first-order chi connectivity index (χ1) is 14.2. The molecule has 0 N–H and O–H groups in total. The Hall–Kier alpha value is -2.98. The van der Waals surface area contributed by atoms with E-state index >= 15 is 0 Å². The van der Waals surface area contributed by atoms with Crippen molar-refractivity contribution in [1.29, 1.82) is 0 Å². The molecule has 1 aromatic heterocycles. The van der Waals surface area contributed by atoms with Crippen molar-refractivity contribution in [3.8, 4) is 0 Å². The summed E-state index contributed by atoms with van der Waals surface area (Å²) in [5.74, 6) is -1.04. The van der Waals surface area contributed by atoms with Crippen molar-refractivity contribution in [3.05, 3.63) is 58.4 Å². The fourth-order valence-electron chi connectivity index (χ4n) is 2.70. The third-order valence-electron chi connectivity index (χ3n) is 4.23. The van der Waals surface area contributed by atoms with Gasteiger partial charge in [0.05, 0.1) is 34.4 Å². The molecular formula is C20H20N2O6S2. The molecule has 0 saturated heterocycles. The number of nitrogens with zero attached hydrogens (tertiary/aromatic N) is 2. The van der Waals surface area contributed by atoms with E-state index in [-0.39, 0.29) is 22.8 Å². The highest BCUT2D eigenvalue weighted by atomic mass is 32.2. The van der Waals surface area contributed by atoms with Crippen molar-refractivity contribution < 1.29 is 27.5 Å². The second kappa shape index (κ2) is 8.80. The van der Waals surface area contributed by atoms with Crippen LogP contribution in [0.1, 0.15) is 22.8 Å². The average Bonchev–Trinajstić information content (AvgIpc) is 3.03. The molecule has 158 valence electrons. The summed E-state index contributed by atoms with van der Waals surface area (Å²) < 4.78 is 41.3. The van der Waals surface area contributed by atoms with Crippen molar-refractivity contribution in [1.82, 2.24) is 4.57 Å². The van der Waals surface area contributed by atoms with Gasteiger partial charge in [-0.05, 0) is 44.2 Å². The summed E-state index contributed by atoms with van der Waals surface area (Å²) >= 11 is 1.05. The highest BCUT2D eigenvalue weighted by molar-refractivity contribution is 7.90. The summed E-state index contributed by atoms with van der Waals surface area (Å²) in [6.07, 6.45) is 0. The van der Waals surface area contributed by atoms with Crippen molar-refractivity contribution in [2.75, 3.05) is 13.7 Å². The van der Waals surface area contributed by atoms with Gasteiger partial charge < -0.3 is 14.0 Å². The molecule has 30 heavy (non-hydrogen) atoms. The largest absolute Gasteiger partial charge is 0.468 e. The predicted molar refractivity (Wildman–Crippen MR) is 112 cm³/mol. The molecule has 0 bridgehead atoms. The van der Waals surface area contributed by atoms with Crippen LogP contribution < -0.4 is 4.80 Å². The smallest absolute Gasteiger partial charge is 0.338 e. The zero-order chi connectivity index (χ0) is 21.9. The normalized spacial score (nSPS) is 12.2. The third kappa shape index (κ3) is 4.60. The molecule has 0 aliphatic heterocycles. The Bertz CT molecular complexity index is 1270. The van der Waals surface area contributed by atoms with Gasteiger partial charge >= 0.3 is 11.9 Å². The monoisotopic (exact) mass is 448 g/mol. The van der Waals surface area contributed by atoms with Crippen LogP contribution in [0.5, 0.6) is 0 Å². The number of carbonyl (C=O) groups is 2. The standard InChI is InChI=1S/C20H20N2O6S2/c1-4-28-19(24)14-7-10-16-17(11-14)29-20(22(16)12-18(23)27-3)21-30(25,26)15-8-5-13(2)6-9-15/h5-11H,4,12H2,1-3H3. The number of thiazole rings is 1. The molecule has 3 rings (SSSR count). The van der Waals surface area contributed by atoms with E-state index in [2.05, 4.69) is 4.40 Å². The first kappa shape index (κ1) is 21.7. The summed E-state index contributed by atoms with van der Waals surface area (Å²) in [5, 5.41) is 0. The molecule has 1 heterocycles. The number of hydrogen-bond donors (Lipinski definition) is 0. The number of esters is 2. The van der Waals surface area contributed by atoms with E-state index in [1.165, 1.54) is 23.8 Å². The fourth-order valence-corrected chi connectivity index (χ4v) is 4.97. The van der Waals surface area contributed by atoms with Crippen LogP contribution in [0.25, 0.3) is 10.2 Å². The lowest BCUT2D eigenvalue weighted by Crippen LogP contribution is -2.22. The lowest BCUT2D eigenvalue weighted by Gasteiger charge is -2.05. The fraction of sp³-hybridized carbons (Fsp3) is 0.250. The quantitative estimate of drug-likeness (QED) is 0.537. The van der Waals surface area contributed by atoms with Gasteiger partial charge in [0.1, 0.15) is 6.54 Å². The van der Waals surface area contributed by atoms with Gasteiger partial charge in [-0.3, -0.25) is 4.79 Å². The van der Waals surface area contributed by atoms with Crippen LogP contribution in [-0.2, 0) is 30.8 Å². The maximum absolute atomic E-state index is 12.8. The molecule has 0 radical (unpaired) electrons. The van der Waals surface area contributed by atoms with Crippen LogP contribution in [0.15, 0.2) is 51.8 Å². The lowest BCUT2D eigenvalue weighted by molar-refractivity contribution is -0.141. The van der Waals surface area contributed by atoms with E-state index in [4.69, 9.17) is 9.47 Å². The van der Waals surface area contributed by atoms with E-state index in [9.17, 15) is 18.0 Å². The number of benzene rings is 2. The predicted octanol–water partition coefficient (Wildman–Crippen LogP) is 2.65. The highest BCUT2D eigenvalue weighted by Crippen LogP contribution is 2.21. The minimum atomic E-state index is -4.01. The third-order valence-corrected chi connectivity index (χ3v) is 6.66. The Labute approximate surface area is 177 Å². The molecule has 10 heteroatoms. The molecule has 0 aliphatic carbocycles. The molecule has 0 unspecified atom stereocenters. The second-order valence-electron chi connectivity index (χ2n) is 6.33. The van der Waals surface area contributed by atoms with Gasteiger partial charge in [0.25, 0.3) is 10.0 Å². The Kier molecular flexibility index (Phi) is 6.37. The minimum absolute atomic E-state index is 0.0439. The van der Waals surface area contributed by atoms with Crippen LogP contribution in [0.2, 0.25) is 0 Å². The molecule has 0 amide bonds. The maximum Gasteiger partial charge on any atom is 0.338 e. The number of ether oxygens (including phenoxy) is 2. The van der Waals surface area contributed by atoms with Crippen molar-refractivity contribution in [2.45, 2.75) is 25.3 Å². The minimum Gasteiger partial charge on any atom is -0.468 e. The molecule has 0 spiro atoms. The van der Waals surface area contributed by atoms with Crippen molar-refractivity contribution in [2.24, 2.45) is 4.40 Å². The highest BCUT2D eigenvalue weighted by Gasteiger charge is 2.17. The Morgan fingerprint density at radius 1 is 1.13 bits per heavy atom. The van der Waals surface area contributed by atoms with E-state index in [0.29, 0.717) is 15.8 Å². The first-order valence-corrected chi connectivity index (χ1v) is 11.3. The van der Waals surface area contributed by atoms with Crippen LogP contribution in [0, 0.1) is 6.92 Å². The van der Waals surface area contributed by atoms with Gasteiger partial charge in [-0.2, -0.15) is 8.42 Å². The van der Waals surface area contributed by atoms with Crippen LogP contribution >= 0.6 is 11.3 Å². The van der Waals surface area contributed by atoms with Gasteiger partial charge in [-0.1, -0.05) is 29.0 Å². The van der Waals surface area contributed by atoms with E-state index in [1.807, 2.05) is 6.92 Å². The average molecular weight is 449 g/mol. The SMILES string of the molecule is CCOC(=O)c1ccc2c(c1)sc(=NS(=O)(=O)c1ccc(C)cc1)n2CC(=O)OC. The van der Waals surface area contributed by atoms with Gasteiger partial charge in [0.15, 0.2) is 0 Å². The summed E-state index contributed by atoms with van der Waals surface area (Å²) in [6.45, 7) is 3.57. The number of aromatic nitrogens is 1. The second-order valence-corrected chi connectivity index (χ2v) is 8.94. The zero-order valence-corrected chi connectivity index (χ0v) is 18.2. The molecule has 2 aromatic carbocycles. The number of carbonyl (C=O) groups excluding carboxylic acids is 2. The topological polar surface area (TPSA) is 104 Å². The molecule has 0 atom stereocenters. The Morgan fingerprint density at radius 3 is 2.47 bits per heavy atom. The number of methoxy groups -OCH3 is 1. The number of hydrogen-bond acceptors (Lipinski definition) is 7. The Morgan fingerprint density at radius 2 is 1.83 bits per heavy atom. The number of aryl methyl sites for hydroxylation is 1. The Balaban J connectivity index is 2.19. The molecular weight excluding hydrogens is 428 g/mol. The molecule has 3 aromatic rings. The van der Waals surface area contributed by atoms with E-state index in [1.54, 1.807) is 37.3 Å². The van der Waals surface area contributed by atoms with E-state index in [0.717, 1.165) is 16.9 Å². The summed E-state index contributed by atoms with van der Waals surface area (Å²) in [7, 11) is -2.76. The molecule has 0 aliphatic rings. The van der Waals surface area contributed by atoms with E-state index < -0.39 is 22.0 Å². The first-order valence-electron chi connectivity index (χ1n) is 9.00. The molecule has 8 nitrogen and oxygen atoms in total. The van der Waals surface area contributed by atoms with Gasteiger partial charge in [-0.15, -0.1) is 4.40 Å². The summed E-state index contributed by atoms with van der Waals surface area (Å²) in [6, 6.07) is 11.1. The van der Waals surface area contributed by atoms with Gasteiger partial charge in [0.2, 0.25) is 4.80 Å². The summed E-state index contributed by atoms with van der Waals surface area (Å²) in [5.41, 5.74) is 1.79.